The Morgan fingerprint density at radius 3 is 0.379 bits per heavy atom. The van der Waals surface area contributed by atoms with E-state index in [9.17, 15) is 70.6 Å². The molecule has 2 radical (unpaired) electrons. The first-order valence-electron chi connectivity index (χ1n) is 4.00. The fourth-order valence-electron chi connectivity index (χ4n) is 0.306. The van der Waals surface area contributed by atoms with Crippen LogP contribution in [0.5, 0.6) is 0 Å². The summed E-state index contributed by atoms with van der Waals surface area (Å²) in [4.78, 5) is 0. The van der Waals surface area contributed by atoms with E-state index in [1.807, 2.05) is 0 Å². The van der Waals surface area contributed by atoms with Gasteiger partial charge in [-0.1, -0.05) is 0 Å². The molecule has 0 aromatic carbocycles. The average Bonchev–Trinajstić information content (AvgIpc) is 1.96. The molecular formula is Cr6Fe2O21. The second-order valence-electron chi connectivity index (χ2n) is 2.65. The van der Waals surface area contributed by atoms with Crippen LogP contribution in [-0.4, -0.2) is 0 Å². The molecule has 0 aliphatic carbocycles. The van der Waals surface area contributed by atoms with Crippen molar-refractivity contribution in [1.29, 1.82) is 0 Å². The van der Waals surface area contributed by atoms with Crippen LogP contribution >= 0.6 is 0 Å². The van der Waals surface area contributed by atoms with Crippen LogP contribution in [0.4, 0.5) is 0 Å². The third-order valence-electron chi connectivity index (χ3n) is 0.500. The summed E-state index contributed by atoms with van der Waals surface area (Å²) < 4.78 is 177. The summed E-state index contributed by atoms with van der Waals surface area (Å²) >= 11 is -36.4. The molecule has 0 N–H and O–H groups in total. The monoisotopic (exact) mass is 759 g/mol. The summed E-state index contributed by atoms with van der Waals surface area (Å²) in [6.07, 6.45) is 0. The molecule has 0 aromatic heterocycles. The van der Waals surface area contributed by atoms with Crippen LogP contribution < -0.4 is 24.9 Å². The second kappa shape index (κ2) is 14.6. The maximum absolute atomic E-state index is 9.38. The summed E-state index contributed by atoms with van der Waals surface area (Å²) in [5.41, 5.74) is 0. The molecule has 0 amide bonds. The van der Waals surface area contributed by atoms with Gasteiger partial charge in [0.1, 0.15) is 0 Å². The molecule has 0 bridgehead atoms. The fraction of sp³-hybridized carbons (Fsp3) is 0. The van der Waals surface area contributed by atoms with Gasteiger partial charge in [-0.15, -0.1) is 0 Å². The summed E-state index contributed by atoms with van der Waals surface area (Å²) in [6, 6.07) is 0. The first kappa shape index (κ1) is 40.8. The van der Waals surface area contributed by atoms with E-state index in [-0.39, 0.29) is 34.1 Å². The Hall–Kier alpha value is 1.47. The van der Waals surface area contributed by atoms with Crippen molar-refractivity contribution in [3.63, 3.8) is 0 Å². The van der Waals surface area contributed by atoms with Gasteiger partial charge in [0.15, 0.2) is 0 Å². The molecule has 29 heteroatoms. The molecule has 0 unspecified atom stereocenters. The molecule has 0 spiro atoms. The van der Waals surface area contributed by atoms with Crippen molar-refractivity contribution in [3.8, 4) is 0 Å². The quantitative estimate of drug-likeness (QED) is 0.227. The summed E-state index contributed by atoms with van der Waals surface area (Å²) in [5, 5.41) is 0. The second-order valence-corrected chi connectivity index (χ2v) is 13.6. The van der Waals surface area contributed by atoms with Gasteiger partial charge in [-0.3, -0.25) is 0 Å². The first-order chi connectivity index (χ1) is 11.1. The molecule has 0 saturated carbocycles. The molecule has 0 atom stereocenters. The van der Waals surface area contributed by atoms with Crippen LogP contribution in [0.1, 0.15) is 0 Å². The van der Waals surface area contributed by atoms with Gasteiger partial charge in [-0.25, -0.2) is 0 Å². The molecule has 21 nitrogen and oxygen atoms in total. The van der Waals surface area contributed by atoms with Crippen LogP contribution in [0.15, 0.2) is 0 Å². The molecule has 0 heterocycles. The molecule has 0 fully saturated rings. The Morgan fingerprint density at radius 1 is 0.310 bits per heavy atom. The maximum atomic E-state index is 9.38. The minimum atomic E-state index is -6.07. The zero-order chi connectivity index (χ0) is 23.1. The average molecular weight is 760 g/mol. The Labute approximate surface area is 193 Å². The third-order valence-corrected chi connectivity index (χ3v) is 8.50. The van der Waals surface area contributed by atoms with Gasteiger partial charge in [0, 0.05) is 0 Å². The van der Waals surface area contributed by atoms with E-state index in [1.54, 1.807) is 0 Å². The van der Waals surface area contributed by atoms with Crippen LogP contribution in [0.25, 0.3) is 0 Å². The van der Waals surface area contributed by atoms with E-state index in [1.165, 1.54) is 0 Å². The van der Waals surface area contributed by atoms with Crippen molar-refractivity contribution in [2.45, 2.75) is 0 Å². The van der Waals surface area contributed by atoms with Crippen molar-refractivity contribution >= 4 is 0 Å². The standard InChI is InChI=1S/6Cr.2Fe.21O/q;;;;;;2*+3;;;;;;;;;;;;;;;;6*-1. The van der Waals surface area contributed by atoms with E-state index >= 15 is 0 Å². The van der Waals surface area contributed by atoms with Gasteiger partial charge in [-0.2, -0.15) is 0 Å². The molecule has 0 aliphatic heterocycles. The van der Waals surface area contributed by atoms with E-state index in [2.05, 4.69) is 8.52 Å². The number of hydrogen-bond acceptors (Lipinski definition) is 21. The molecule has 0 aliphatic rings. The van der Waals surface area contributed by atoms with Gasteiger partial charge >= 0.3 is 195 Å². The van der Waals surface area contributed by atoms with E-state index in [0.717, 1.165) is 0 Å². The van der Waals surface area contributed by atoms with Crippen molar-refractivity contribution in [3.05, 3.63) is 0 Å². The molecule has 0 aromatic rings. The summed E-state index contributed by atoms with van der Waals surface area (Å²) in [5.74, 6) is 0. The van der Waals surface area contributed by atoms with Crippen LogP contribution in [0.3, 0.4) is 0 Å². The number of hydrogen-bond donors (Lipinski definition) is 0. The van der Waals surface area contributed by atoms with E-state index < -0.39 is 81.7 Å². The fourth-order valence-corrected chi connectivity index (χ4v) is 5.21. The zero-order valence-electron chi connectivity index (χ0n) is 11.7. The molecule has 29 heavy (non-hydrogen) atoms. The predicted molar refractivity (Wildman–Crippen MR) is 11.5 cm³/mol. The van der Waals surface area contributed by atoms with Crippen LogP contribution in [-0.2, 0) is 170 Å². The van der Waals surface area contributed by atoms with Gasteiger partial charge in [0.2, 0.25) is 0 Å². The number of rotatable bonds is 6. The van der Waals surface area contributed by atoms with Gasteiger partial charge < -0.3 is 0 Å². The van der Waals surface area contributed by atoms with Crippen molar-refractivity contribution in [2.75, 3.05) is 0 Å². The first-order valence-corrected chi connectivity index (χ1v) is 16.5. The molecular weight excluding hydrogens is 760 g/mol. The predicted octanol–water partition coefficient (Wildman–Crippen LogP) is -8.78. The molecule has 0 rings (SSSR count). The molecule has 0 saturated heterocycles. The van der Waals surface area contributed by atoms with Crippen molar-refractivity contribution in [2.24, 2.45) is 0 Å². The summed E-state index contributed by atoms with van der Waals surface area (Å²) in [7, 11) is 0. The Bertz CT molecular complexity index is 854. The van der Waals surface area contributed by atoms with Gasteiger partial charge in [0.25, 0.3) is 0 Å². The Morgan fingerprint density at radius 2 is 0.379 bits per heavy atom. The SMILES string of the molecule is [Fe+3].[Fe+3].[O]=[Cr](=[O])([O-])[O][Cr](=[O])(=[O])[O-].[O]=[Cr](=[O])([O-])[O][Cr](=[O])(=[O])[O-].[O]=[Cr](=[O])([O-])[O][Cr](=[O])(=[O])[O-]. The third kappa shape index (κ3) is 58.7. The van der Waals surface area contributed by atoms with E-state index in [0.29, 0.717) is 0 Å². The van der Waals surface area contributed by atoms with Crippen molar-refractivity contribution < 1.29 is 195 Å². The van der Waals surface area contributed by atoms with Gasteiger partial charge in [0.05, 0.1) is 0 Å². The van der Waals surface area contributed by atoms with Crippen LogP contribution in [0.2, 0.25) is 0 Å². The Kier molecular flexibility index (Phi) is 20.5. The topological polar surface area (TPSA) is 371 Å². The van der Waals surface area contributed by atoms with E-state index in [4.69, 9.17) is 0 Å². The Balaban J connectivity index is -0.0000000960. The minimum absolute atomic E-state index is 0. The van der Waals surface area contributed by atoms with Crippen LogP contribution in [0, 0.1) is 0 Å². The molecule has 178 valence electrons. The summed E-state index contributed by atoms with van der Waals surface area (Å²) in [6.45, 7) is 0. The van der Waals surface area contributed by atoms with Crippen molar-refractivity contribution in [1.82, 2.24) is 0 Å². The zero-order valence-corrected chi connectivity index (χ0v) is 21.6. The van der Waals surface area contributed by atoms with Gasteiger partial charge in [-0.05, 0) is 0 Å². The normalized spacial score (nSPS) is 12.6.